The van der Waals surface area contributed by atoms with Gasteiger partial charge in [0, 0.05) is 20.7 Å². The van der Waals surface area contributed by atoms with Crippen LogP contribution < -0.4 is 5.32 Å². The first-order valence-corrected chi connectivity index (χ1v) is 6.85. The van der Waals surface area contributed by atoms with E-state index in [2.05, 4.69) is 20.3 Å². The van der Waals surface area contributed by atoms with Crippen LogP contribution >= 0.6 is 0 Å². The summed E-state index contributed by atoms with van der Waals surface area (Å²) < 4.78 is 9.87. The molecule has 1 N–H and O–H groups in total. The van der Waals surface area contributed by atoms with Crippen molar-refractivity contribution in [1.29, 1.82) is 0 Å². The van der Waals surface area contributed by atoms with E-state index in [4.69, 9.17) is 4.74 Å². The molecule has 1 aliphatic heterocycles. The molecule has 0 bridgehead atoms. The Morgan fingerprint density at radius 2 is 2.24 bits per heavy atom. The molecule has 116 valence electrons. The molecule has 21 heavy (non-hydrogen) atoms. The molecule has 1 atom stereocenters. The fourth-order valence-corrected chi connectivity index (χ4v) is 2.85. The Morgan fingerprint density at radius 1 is 1.48 bits per heavy atom. The van der Waals surface area contributed by atoms with Gasteiger partial charge >= 0.3 is 0 Å². The molecule has 0 spiro atoms. The van der Waals surface area contributed by atoms with E-state index in [1.54, 1.807) is 26.0 Å². The highest BCUT2D eigenvalue weighted by molar-refractivity contribution is 5.94. The maximum Gasteiger partial charge on any atom is 0.278 e. The molecule has 1 aliphatic rings. The van der Waals surface area contributed by atoms with Crippen LogP contribution in [0.5, 0.6) is 0 Å². The number of carbonyl (C=O) groups excluding carboxylic acids is 2. The summed E-state index contributed by atoms with van der Waals surface area (Å²) in [6, 6.07) is 0. The van der Waals surface area contributed by atoms with Crippen molar-refractivity contribution in [2.24, 2.45) is 0 Å². The van der Waals surface area contributed by atoms with E-state index < -0.39 is 5.54 Å². The van der Waals surface area contributed by atoms with E-state index in [0.717, 1.165) is 6.42 Å². The number of ether oxygens (including phenoxy) is 1. The number of nitrogens with zero attached hydrogens (tertiary/aromatic N) is 3. The molecule has 2 rings (SSSR count). The van der Waals surface area contributed by atoms with Gasteiger partial charge in [0.1, 0.15) is 5.69 Å². The van der Waals surface area contributed by atoms with E-state index in [1.807, 2.05) is 0 Å². The summed E-state index contributed by atoms with van der Waals surface area (Å²) >= 11 is 0. The molecule has 0 saturated carbocycles. The second-order valence-corrected chi connectivity index (χ2v) is 5.27. The molecule has 1 aromatic rings. The standard InChI is InChI=1S/C13H20N4O4/c1-9-11(16-21-15-9)12(19)17-6-4-5-13(17,8-20-3)7-10(18)14-2/h4-8H2,1-3H3,(H,14,18)/t13-/m0/s1. The van der Waals surface area contributed by atoms with Gasteiger partial charge in [0.25, 0.3) is 5.91 Å². The summed E-state index contributed by atoms with van der Waals surface area (Å²) in [7, 11) is 3.14. The maximum atomic E-state index is 12.7. The van der Waals surface area contributed by atoms with Gasteiger partial charge in [0.15, 0.2) is 5.69 Å². The normalized spacial score (nSPS) is 21.6. The fraction of sp³-hybridized carbons (Fsp3) is 0.692. The lowest BCUT2D eigenvalue weighted by Crippen LogP contribution is -2.53. The SMILES string of the molecule is CNC(=O)C[C@]1(COC)CCCN1C(=O)c1nonc1C. The lowest BCUT2D eigenvalue weighted by molar-refractivity contribution is -0.123. The Hall–Kier alpha value is -1.96. The van der Waals surface area contributed by atoms with Gasteiger partial charge in [0.05, 0.1) is 18.6 Å². The Labute approximate surface area is 122 Å². The third-order valence-electron chi connectivity index (χ3n) is 3.88. The van der Waals surface area contributed by atoms with E-state index in [-0.39, 0.29) is 23.9 Å². The van der Waals surface area contributed by atoms with E-state index >= 15 is 0 Å². The minimum Gasteiger partial charge on any atom is -0.382 e. The monoisotopic (exact) mass is 296 g/mol. The molecule has 0 aliphatic carbocycles. The van der Waals surface area contributed by atoms with Crippen molar-refractivity contribution in [3.8, 4) is 0 Å². The average molecular weight is 296 g/mol. The molecule has 1 saturated heterocycles. The van der Waals surface area contributed by atoms with Crippen molar-refractivity contribution < 1.29 is 19.0 Å². The predicted molar refractivity (Wildman–Crippen MR) is 72.6 cm³/mol. The van der Waals surface area contributed by atoms with Crippen molar-refractivity contribution >= 4 is 11.8 Å². The van der Waals surface area contributed by atoms with Crippen molar-refractivity contribution in [2.75, 3.05) is 27.3 Å². The van der Waals surface area contributed by atoms with E-state index in [9.17, 15) is 9.59 Å². The smallest absolute Gasteiger partial charge is 0.278 e. The van der Waals surface area contributed by atoms with Gasteiger partial charge in [-0.1, -0.05) is 5.16 Å². The fourth-order valence-electron chi connectivity index (χ4n) is 2.85. The molecule has 8 nitrogen and oxygen atoms in total. The number of hydrogen-bond acceptors (Lipinski definition) is 6. The summed E-state index contributed by atoms with van der Waals surface area (Å²) in [5, 5.41) is 9.90. The second kappa shape index (κ2) is 6.21. The highest BCUT2D eigenvalue weighted by Gasteiger charge is 2.46. The topological polar surface area (TPSA) is 97.6 Å². The van der Waals surface area contributed by atoms with Gasteiger partial charge < -0.3 is 15.0 Å². The Morgan fingerprint density at radius 3 is 2.81 bits per heavy atom. The molecule has 2 heterocycles. The van der Waals surface area contributed by atoms with Crippen LogP contribution in [0, 0.1) is 6.92 Å². The minimum atomic E-state index is -0.642. The Kier molecular flexibility index (Phi) is 4.56. The molecular formula is C13H20N4O4. The number of hydrogen-bond donors (Lipinski definition) is 1. The third-order valence-corrected chi connectivity index (χ3v) is 3.88. The van der Waals surface area contributed by atoms with Crippen LogP contribution in [-0.2, 0) is 9.53 Å². The molecule has 0 aromatic carbocycles. The quantitative estimate of drug-likeness (QED) is 0.829. The van der Waals surface area contributed by atoms with Crippen molar-refractivity contribution in [3.05, 3.63) is 11.4 Å². The van der Waals surface area contributed by atoms with Crippen LogP contribution in [0.4, 0.5) is 0 Å². The first kappa shape index (κ1) is 15.4. The third kappa shape index (κ3) is 2.90. The number of methoxy groups -OCH3 is 1. The first-order valence-electron chi connectivity index (χ1n) is 6.85. The zero-order chi connectivity index (χ0) is 15.5. The first-order chi connectivity index (χ1) is 10.0. The highest BCUT2D eigenvalue weighted by Crippen LogP contribution is 2.34. The van der Waals surface area contributed by atoms with Crippen LogP contribution in [-0.4, -0.2) is 59.9 Å². The molecule has 0 radical (unpaired) electrons. The Balaban J connectivity index is 2.29. The van der Waals surface area contributed by atoms with Crippen LogP contribution in [0.15, 0.2) is 4.63 Å². The highest BCUT2D eigenvalue weighted by atomic mass is 16.6. The van der Waals surface area contributed by atoms with Crippen molar-refractivity contribution in [2.45, 2.75) is 31.7 Å². The van der Waals surface area contributed by atoms with Crippen molar-refractivity contribution in [3.63, 3.8) is 0 Å². The largest absolute Gasteiger partial charge is 0.382 e. The summed E-state index contributed by atoms with van der Waals surface area (Å²) in [6.45, 7) is 2.53. The minimum absolute atomic E-state index is 0.123. The molecular weight excluding hydrogens is 276 g/mol. The zero-order valence-electron chi connectivity index (χ0n) is 12.5. The van der Waals surface area contributed by atoms with Gasteiger partial charge in [-0.05, 0) is 24.9 Å². The Bertz CT molecular complexity index is 530. The predicted octanol–water partition coefficient (Wildman–Crippen LogP) is 0.135. The van der Waals surface area contributed by atoms with Gasteiger partial charge in [0.2, 0.25) is 5.91 Å². The summed E-state index contributed by atoms with van der Waals surface area (Å²) in [5.74, 6) is -0.394. The number of rotatable bonds is 5. The lowest BCUT2D eigenvalue weighted by Gasteiger charge is -2.37. The number of aromatic nitrogens is 2. The molecule has 1 aromatic heterocycles. The molecule has 0 unspecified atom stereocenters. The lowest BCUT2D eigenvalue weighted by atomic mass is 9.92. The van der Waals surface area contributed by atoms with Gasteiger partial charge in [-0.15, -0.1) is 0 Å². The number of carbonyl (C=O) groups is 2. The molecule has 2 amide bonds. The van der Waals surface area contributed by atoms with Gasteiger partial charge in [-0.3, -0.25) is 9.59 Å². The summed E-state index contributed by atoms with van der Waals surface area (Å²) in [6.07, 6.45) is 1.73. The number of likely N-dealkylation sites (tertiary alicyclic amines) is 1. The number of nitrogens with one attached hydrogen (secondary N) is 1. The van der Waals surface area contributed by atoms with Crippen LogP contribution in [0.2, 0.25) is 0 Å². The van der Waals surface area contributed by atoms with Crippen LogP contribution in [0.1, 0.15) is 35.4 Å². The van der Waals surface area contributed by atoms with Gasteiger partial charge in [-0.2, -0.15) is 0 Å². The number of aryl methyl sites for hydroxylation is 1. The zero-order valence-corrected chi connectivity index (χ0v) is 12.5. The molecule has 8 heteroatoms. The maximum absolute atomic E-state index is 12.7. The van der Waals surface area contributed by atoms with Gasteiger partial charge in [-0.25, -0.2) is 4.63 Å². The summed E-state index contributed by atoms with van der Waals surface area (Å²) in [4.78, 5) is 26.1. The van der Waals surface area contributed by atoms with E-state index in [1.165, 1.54) is 0 Å². The van der Waals surface area contributed by atoms with Crippen LogP contribution in [0.3, 0.4) is 0 Å². The van der Waals surface area contributed by atoms with Crippen molar-refractivity contribution in [1.82, 2.24) is 20.5 Å². The second-order valence-electron chi connectivity index (χ2n) is 5.27. The van der Waals surface area contributed by atoms with Crippen LogP contribution in [0.25, 0.3) is 0 Å². The number of amides is 2. The van der Waals surface area contributed by atoms with E-state index in [0.29, 0.717) is 25.3 Å². The average Bonchev–Trinajstić information content (AvgIpc) is 3.05. The molecule has 1 fully saturated rings. The summed E-state index contributed by atoms with van der Waals surface area (Å²) in [5.41, 5.74) is -0.00966.